The Labute approximate surface area is 101 Å². The number of nitrogens with two attached hydrogens (primary N) is 1. The molecule has 2 rings (SSSR count). The van der Waals surface area contributed by atoms with Gasteiger partial charge in [0.05, 0.1) is 22.7 Å². The molecule has 2 aromatic rings. The minimum atomic E-state index is -0.565. The number of nitrogen functional groups attached to an aromatic ring is 1. The largest absolute Gasteiger partial charge is 0.381 e. The maximum absolute atomic E-state index is 13.1. The summed E-state index contributed by atoms with van der Waals surface area (Å²) in [7, 11) is 0. The fraction of sp³-hybridized carbons (Fsp3) is 0.200. The van der Waals surface area contributed by atoms with Crippen LogP contribution in [-0.2, 0) is 6.54 Å². The van der Waals surface area contributed by atoms with E-state index in [1.807, 2.05) is 0 Å². The Morgan fingerprint density at radius 3 is 2.83 bits per heavy atom. The van der Waals surface area contributed by atoms with E-state index >= 15 is 0 Å². The normalized spacial score (nSPS) is 10.6. The predicted molar refractivity (Wildman–Crippen MR) is 61.3 cm³/mol. The van der Waals surface area contributed by atoms with Gasteiger partial charge in [0.25, 0.3) is 5.69 Å². The summed E-state index contributed by atoms with van der Waals surface area (Å²) in [6.07, 6.45) is 0. The van der Waals surface area contributed by atoms with Gasteiger partial charge in [-0.05, 0) is 19.1 Å². The van der Waals surface area contributed by atoms with Crippen molar-refractivity contribution < 1.29 is 9.31 Å². The zero-order chi connectivity index (χ0) is 13.3. The lowest BCUT2D eigenvalue weighted by Gasteiger charge is -2.04. The van der Waals surface area contributed by atoms with Crippen molar-refractivity contribution in [2.45, 2.75) is 13.5 Å². The lowest BCUT2D eigenvalue weighted by molar-refractivity contribution is -0.385. The van der Waals surface area contributed by atoms with Crippen molar-refractivity contribution in [3.05, 3.63) is 45.4 Å². The third kappa shape index (κ3) is 2.12. The molecule has 0 aliphatic heterocycles. The SMILES string of the molecule is Cc1c(N)nnn1Cc1cc(F)ccc1[N+](=O)[O-]. The molecule has 0 unspecified atom stereocenters. The number of nitro groups is 1. The molecule has 0 amide bonds. The van der Waals surface area contributed by atoms with Crippen molar-refractivity contribution >= 4 is 11.5 Å². The van der Waals surface area contributed by atoms with E-state index in [0.29, 0.717) is 5.69 Å². The third-order valence-electron chi connectivity index (χ3n) is 2.58. The number of nitrogens with zero attached hydrogens (tertiary/aromatic N) is 4. The number of hydrogen-bond acceptors (Lipinski definition) is 5. The molecule has 0 radical (unpaired) electrons. The first-order chi connectivity index (χ1) is 8.49. The van der Waals surface area contributed by atoms with E-state index < -0.39 is 10.7 Å². The zero-order valence-electron chi connectivity index (χ0n) is 9.50. The van der Waals surface area contributed by atoms with Gasteiger partial charge in [0.1, 0.15) is 5.82 Å². The lowest BCUT2D eigenvalue weighted by atomic mass is 10.1. The smallest absolute Gasteiger partial charge is 0.274 e. The Morgan fingerprint density at radius 1 is 1.56 bits per heavy atom. The van der Waals surface area contributed by atoms with Crippen LogP contribution in [0.15, 0.2) is 18.2 Å². The molecule has 1 aromatic heterocycles. The molecule has 0 fully saturated rings. The van der Waals surface area contributed by atoms with E-state index in [0.717, 1.165) is 18.2 Å². The average molecular weight is 251 g/mol. The number of aromatic nitrogens is 3. The van der Waals surface area contributed by atoms with Crippen molar-refractivity contribution in [1.82, 2.24) is 15.0 Å². The van der Waals surface area contributed by atoms with E-state index in [4.69, 9.17) is 5.73 Å². The molecular weight excluding hydrogens is 241 g/mol. The van der Waals surface area contributed by atoms with E-state index in [1.165, 1.54) is 4.68 Å². The molecule has 0 spiro atoms. The third-order valence-corrected chi connectivity index (χ3v) is 2.58. The van der Waals surface area contributed by atoms with Gasteiger partial charge in [-0.2, -0.15) is 0 Å². The van der Waals surface area contributed by atoms with Crippen molar-refractivity contribution in [3.8, 4) is 0 Å². The van der Waals surface area contributed by atoms with E-state index in [-0.39, 0.29) is 23.6 Å². The molecule has 18 heavy (non-hydrogen) atoms. The Bertz CT molecular complexity index is 610. The maximum atomic E-state index is 13.1. The zero-order valence-corrected chi connectivity index (χ0v) is 9.50. The molecule has 0 atom stereocenters. The number of anilines is 1. The highest BCUT2D eigenvalue weighted by Crippen LogP contribution is 2.21. The van der Waals surface area contributed by atoms with Gasteiger partial charge >= 0.3 is 0 Å². The topological polar surface area (TPSA) is 99.9 Å². The highest BCUT2D eigenvalue weighted by atomic mass is 19.1. The first-order valence-corrected chi connectivity index (χ1v) is 5.07. The van der Waals surface area contributed by atoms with Gasteiger partial charge in [-0.1, -0.05) is 5.21 Å². The predicted octanol–water partition coefficient (Wildman–Crippen LogP) is 1.26. The van der Waals surface area contributed by atoms with Gasteiger partial charge in [0, 0.05) is 6.07 Å². The Kier molecular flexibility index (Phi) is 2.92. The fourth-order valence-electron chi connectivity index (χ4n) is 1.54. The first-order valence-electron chi connectivity index (χ1n) is 5.07. The van der Waals surface area contributed by atoms with Gasteiger partial charge < -0.3 is 5.73 Å². The van der Waals surface area contributed by atoms with Crippen molar-refractivity contribution in [2.24, 2.45) is 0 Å². The van der Waals surface area contributed by atoms with Crippen molar-refractivity contribution in [3.63, 3.8) is 0 Å². The molecular formula is C10H10FN5O2. The summed E-state index contributed by atoms with van der Waals surface area (Å²) in [6, 6.07) is 3.28. The summed E-state index contributed by atoms with van der Waals surface area (Å²) >= 11 is 0. The van der Waals surface area contributed by atoms with Crippen LogP contribution in [0, 0.1) is 22.9 Å². The molecule has 8 heteroatoms. The quantitative estimate of drug-likeness (QED) is 0.653. The highest BCUT2D eigenvalue weighted by Gasteiger charge is 2.16. The van der Waals surface area contributed by atoms with E-state index in [9.17, 15) is 14.5 Å². The van der Waals surface area contributed by atoms with Crippen LogP contribution < -0.4 is 5.73 Å². The number of benzene rings is 1. The number of nitro benzene ring substituents is 1. The van der Waals surface area contributed by atoms with Gasteiger partial charge in [0.2, 0.25) is 0 Å². The molecule has 0 aliphatic carbocycles. The Balaban J connectivity index is 2.42. The number of hydrogen-bond donors (Lipinski definition) is 1. The second-order valence-corrected chi connectivity index (χ2v) is 3.75. The standard InChI is InChI=1S/C10H10FN5O2/c1-6-10(12)13-14-15(6)5-7-4-8(11)2-3-9(7)16(17)18/h2-4H,5,12H2,1H3. The highest BCUT2D eigenvalue weighted by molar-refractivity contribution is 5.41. The van der Waals surface area contributed by atoms with Crippen LogP contribution in [0.4, 0.5) is 15.9 Å². The molecule has 0 aliphatic rings. The summed E-state index contributed by atoms with van der Waals surface area (Å²) < 4.78 is 14.5. The Morgan fingerprint density at radius 2 is 2.28 bits per heavy atom. The molecule has 94 valence electrons. The molecule has 0 bridgehead atoms. The molecule has 1 aromatic carbocycles. The monoisotopic (exact) mass is 251 g/mol. The second-order valence-electron chi connectivity index (χ2n) is 3.75. The van der Waals surface area contributed by atoms with Crippen molar-refractivity contribution in [1.29, 1.82) is 0 Å². The van der Waals surface area contributed by atoms with E-state index in [2.05, 4.69) is 10.3 Å². The number of rotatable bonds is 3. The van der Waals surface area contributed by atoms with Crippen LogP contribution in [0.1, 0.15) is 11.3 Å². The molecule has 7 nitrogen and oxygen atoms in total. The summed E-state index contributed by atoms with van der Waals surface area (Å²) in [5, 5.41) is 18.2. The average Bonchev–Trinajstić information content (AvgIpc) is 2.61. The molecule has 2 N–H and O–H groups in total. The first kappa shape index (κ1) is 12.0. The summed E-state index contributed by atoms with van der Waals surface area (Å²) in [5.41, 5.74) is 6.15. The van der Waals surface area contributed by atoms with Crippen LogP contribution in [0.2, 0.25) is 0 Å². The fourth-order valence-corrected chi connectivity index (χ4v) is 1.54. The summed E-state index contributed by atoms with van der Waals surface area (Å²) in [5.74, 6) is -0.296. The summed E-state index contributed by atoms with van der Waals surface area (Å²) in [4.78, 5) is 10.3. The minimum Gasteiger partial charge on any atom is -0.381 e. The second kappa shape index (κ2) is 4.40. The van der Waals surface area contributed by atoms with Gasteiger partial charge in [-0.3, -0.25) is 10.1 Å². The van der Waals surface area contributed by atoms with Crippen LogP contribution in [0.25, 0.3) is 0 Å². The van der Waals surface area contributed by atoms with Crippen LogP contribution in [0.5, 0.6) is 0 Å². The molecule has 0 saturated heterocycles. The van der Waals surface area contributed by atoms with E-state index in [1.54, 1.807) is 6.92 Å². The number of halogens is 1. The molecule has 1 heterocycles. The van der Waals surface area contributed by atoms with Crippen molar-refractivity contribution in [2.75, 3.05) is 5.73 Å². The van der Waals surface area contributed by atoms with Gasteiger partial charge in [-0.15, -0.1) is 5.10 Å². The molecule has 0 saturated carbocycles. The minimum absolute atomic E-state index is 0.0457. The Hall–Kier alpha value is -2.51. The van der Waals surface area contributed by atoms with Gasteiger partial charge in [0.15, 0.2) is 5.82 Å². The maximum Gasteiger partial charge on any atom is 0.274 e. The van der Waals surface area contributed by atoms with Crippen LogP contribution in [-0.4, -0.2) is 19.9 Å². The van der Waals surface area contributed by atoms with Crippen LogP contribution >= 0.6 is 0 Å². The summed E-state index contributed by atoms with van der Waals surface area (Å²) in [6.45, 7) is 1.73. The lowest BCUT2D eigenvalue weighted by Crippen LogP contribution is -2.07. The van der Waals surface area contributed by atoms with Crippen LogP contribution in [0.3, 0.4) is 0 Å². The van der Waals surface area contributed by atoms with Gasteiger partial charge in [-0.25, -0.2) is 9.07 Å².